The number of hydrogen-bond donors (Lipinski definition) is 3. The molecule has 0 saturated carbocycles. The Morgan fingerprint density at radius 2 is 1.72 bits per heavy atom. The minimum Gasteiger partial charge on any atom is -0.437 e. The molecule has 1 heterocycles. The van der Waals surface area contributed by atoms with Gasteiger partial charge in [0.15, 0.2) is 0 Å². The summed E-state index contributed by atoms with van der Waals surface area (Å²) in [7, 11) is -0.485. The van der Waals surface area contributed by atoms with Crippen LogP contribution in [0.15, 0.2) is 35.9 Å². The molecule has 1 aromatic carbocycles. The van der Waals surface area contributed by atoms with Crippen molar-refractivity contribution in [3.8, 4) is 0 Å². The van der Waals surface area contributed by atoms with Gasteiger partial charge in [-0.05, 0) is 38.3 Å². The van der Waals surface area contributed by atoms with E-state index in [1.807, 2.05) is 35.1 Å². The van der Waals surface area contributed by atoms with Crippen LogP contribution in [0.2, 0.25) is 6.82 Å². The SMILES string of the molecule is CB(O)N1CCC(=C(C(=O)NNC(=O)C(C)C)c2ccccc2)CC1. The van der Waals surface area contributed by atoms with E-state index in [1.54, 1.807) is 20.7 Å². The fourth-order valence-corrected chi connectivity index (χ4v) is 2.84. The Balaban J connectivity index is 2.21. The molecule has 1 aromatic rings. The third-order valence-electron chi connectivity index (χ3n) is 4.40. The van der Waals surface area contributed by atoms with Gasteiger partial charge in [0.1, 0.15) is 0 Å². The Morgan fingerprint density at radius 1 is 1.12 bits per heavy atom. The maximum absolute atomic E-state index is 12.7. The quantitative estimate of drug-likeness (QED) is 0.439. The highest BCUT2D eigenvalue weighted by atomic mass is 16.2. The number of piperidine rings is 1. The number of nitrogens with zero attached hydrogens (tertiary/aromatic N) is 1. The summed E-state index contributed by atoms with van der Waals surface area (Å²) >= 11 is 0. The van der Waals surface area contributed by atoms with E-state index >= 15 is 0 Å². The van der Waals surface area contributed by atoms with Gasteiger partial charge in [0.2, 0.25) is 5.91 Å². The maximum atomic E-state index is 12.7. The van der Waals surface area contributed by atoms with Crippen molar-refractivity contribution >= 4 is 24.4 Å². The number of carbonyl (C=O) groups is 2. The van der Waals surface area contributed by atoms with Crippen LogP contribution in [-0.2, 0) is 9.59 Å². The van der Waals surface area contributed by atoms with Gasteiger partial charge in [-0.1, -0.05) is 49.8 Å². The van der Waals surface area contributed by atoms with Gasteiger partial charge in [-0.2, -0.15) is 0 Å². The molecule has 0 unspecified atom stereocenters. The molecule has 1 aliphatic rings. The van der Waals surface area contributed by atoms with Crippen LogP contribution >= 0.6 is 0 Å². The van der Waals surface area contributed by atoms with Gasteiger partial charge in [0.25, 0.3) is 5.91 Å². The van der Waals surface area contributed by atoms with Crippen LogP contribution in [0.5, 0.6) is 0 Å². The summed E-state index contributed by atoms with van der Waals surface area (Å²) in [5.41, 5.74) is 7.49. The summed E-state index contributed by atoms with van der Waals surface area (Å²) in [4.78, 5) is 26.4. The molecule has 0 spiro atoms. The fraction of sp³-hybridized carbons (Fsp3) is 0.444. The van der Waals surface area contributed by atoms with Crippen molar-refractivity contribution in [3.63, 3.8) is 0 Å². The average Bonchev–Trinajstić information content (AvgIpc) is 2.61. The van der Waals surface area contributed by atoms with Gasteiger partial charge in [-0.25, -0.2) is 0 Å². The molecule has 2 amide bonds. The summed E-state index contributed by atoms with van der Waals surface area (Å²) in [6.45, 7) is 6.69. The molecule has 6 nitrogen and oxygen atoms in total. The highest BCUT2D eigenvalue weighted by molar-refractivity contribution is 6.45. The van der Waals surface area contributed by atoms with Crippen molar-refractivity contribution in [2.45, 2.75) is 33.5 Å². The highest BCUT2D eigenvalue weighted by Gasteiger charge is 2.25. The zero-order valence-corrected chi connectivity index (χ0v) is 15.1. The molecule has 0 radical (unpaired) electrons. The minimum absolute atomic E-state index is 0.206. The standard InChI is InChI=1S/C18H26BN3O3/c1-13(2)17(23)20-21-18(24)16(14-7-5-4-6-8-14)15-9-11-22(12-10-15)19(3)25/h4-8,13,25H,9-12H2,1-3H3,(H,20,23)(H,21,24). The summed E-state index contributed by atoms with van der Waals surface area (Å²) in [6.07, 6.45) is 1.42. The highest BCUT2D eigenvalue weighted by Crippen LogP contribution is 2.27. The largest absolute Gasteiger partial charge is 0.437 e. The second kappa shape index (κ2) is 8.83. The number of nitrogens with one attached hydrogen (secondary N) is 2. The molecule has 1 fully saturated rings. The second-order valence-corrected chi connectivity index (χ2v) is 6.61. The fourth-order valence-electron chi connectivity index (χ4n) is 2.84. The van der Waals surface area contributed by atoms with Crippen molar-refractivity contribution in [3.05, 3.63) is 41.5 Å². The van der Waals surface area contributed by atoms with Crippen LogP contribution in [0.4, 0.5) is 0 Å². The van der Waals surface area contributed by atoms with Crippen molar-refractivity contribution < 1.29 is 14.6 Å². The molecule has 0 aliphatic carbocycles. The number of hydrogen-bond acceptors (Lipinski definition) is 4. The van der Waals surface area contributed by atoms with E-state index in [1.165, 1.54) is 0 Å². The predicted octanol–water partition coefficient (Wildman–Crippen LogP) is 1.45. The van der Waals surface area contributed by atoms with Gasteiger partial charge in [-0.3, -0.25) is 20.4 Å². The number of benzene rings is 1. The minimum atomic E-state index is -0.485. The normalized spacial score (nSPS) is 15.0. The number of hydrazine groups is 1. The molecular weight excluding hydrogens is 317 g/mol. The lowest BCUT2D eigenvalue weighted by Crippen LogP contribution is -2.45. The van der Waals surface area contributed by atoms with Gasteiger partial charge in [0, 0.05) is 11.5 Å². The molecule has 0 aromatic heterocycles. The van der Waals surface area contributed by atoms with Crippen LogP contribution < -0.4 is 10.9 Å². The first-order chi connectivity index (χ1) is 11.9. The van der Waals surface area contributed by atoms with Crippen LogP contribution in [-0.4, -0.2) is 41.8 Å². The zero-order chi connectivity index (χ0) is 18.4. The third kappa shape index (κ3) is 5.18. The second-order valence-electron chi connectivity index (χ2n) is 6.61. The first-order valence-electron chi connectivity index (χ1n) is 8.70. The van der Waals surface area contributed by atoms with Crippen molar-refractivity contribution in [1.82, 2.24) is 15.7 Å². The smallest absolute Gasteiger partial charge is 0.376 e. The Hall–Kier alpha value is -2.12. The number of carbonyl (C=O) groups excluding carboxylic acids is 2. The zero-order valence-electron chi connectivity index (χ0n) is 15.1. The van der Waals surface area contributed by atoms with E-state index in [-0.39, 0.29) is 17.7 Å². The summed E-state index contributed by atoms with van der Waals surface area (Å²) in [5, 5.41) is 9.71. The van der Waals surface area contributed by atoms with E-state index in [4.69, 9.17) is 0 Å². The Bertz CT molecular complexity index is 634. The molecule has 2 rings (SSSR count). The average molecular weight is 343 g/mol. The third-order valence-corrected chi connectivity index (χ3v) is 4.40. The molecule has 1 saturated heterocycles. The lowest BCUT2D eigenvalue weighted by Gasteiger charge is -2.30. The molecule has 0 atom stereocenters. The number of rotatable bonds is 4. The predicted molar refractivity (Wildman–Crippen MR) is 99.1 cm³/mol. The van der Waals surface area contributed by atoms with Gasteiger partial charge >= 0.3 is 7.05 Å². The Kier molecular flexibility index (Phi) is 6.78. The van der Waals surface area contributed by atoms with E-state index in [0.717, 1.165) is 11.1 Å². The molecule has 7 heteroatoms. The van der Waals surface area contributed by atoms with Crippen molar-refractivity contribution in [2.24, 2.45) is 5.92 Å². The monoisotopic (exact) mass is 343 g/mol. The van der Waals surface area contributed by atoms with Crippen molar-refractivity contribution in [1.29, 1.82) is 0 Å². The first-order valence-corrected chi connectivity index (χ1v) is 8.70. The molecule has 1 aliphatic heterocycles. The van der Waals surface area contributed by atoms with Crippen LogP contribution in [0.1, 0.15) is 32.3 Å². The Morgan fingerprint density at radius 3 is 2.24 bits per heavy atom. The van der Waals surface area contributed by atoms with Crippen LogP contribution in [0.3, 0.4) is 0 Å². The van der Waals surface area contributed by atoms with Gasteiger partial charge < -0.3 is 9.83 Å². The summed E-state index contributed by atoms with van der Waals surface area (Å²) in [5.74, 6) is -0.738. The number of amides is 2. The summed E-state index contributed by atoms with van der Waals surface area (Å²) < 4.78 is 0. The maximum Gasteiger partial charge on any atom is 0.376 e. The van der Waals surface area contributed by atoms with Crippen LogP contribution in [0, 0.1) is 5.92 Å². The van der Waals surface area contributed by atoms with E-state index in [2.05, 4.69) is 10.9 Å². The van der Waals surface area contributed by atoms with E-state index < -0.39 is 7.05 Å². The van der Waals surface area contributed by atoms with Crippen molar-refractivity contribution in [2.75, 3.05) is 13.1 Å². The Labute approximate surface area is 149 Å². The summed E-state index contributed by atoms with van der Waals surface area (Å²) in [6, 6.07) is 9.47. The van der Waals surface area contributed by atoms with Gasteiger partial charge in [0.05, 0.1) is 0 Å². The van der Waals surface area contributed by atoms with E-state index in [9.17, 15) is 14.6 Å². The molecule has 0 bridgehead atoms. The molecule has 25 heavy (non-hydrogen) atoms. The molecular formula is C18H26BN3O3. The molecule has 134 valence electrons. The molecule has 3 N–H and O–H groups in total. The lowest BCUT2D eigenvalue weighted by atomic mass is 9.81. The first kappa shape index (κ1) is 19.2. The van der Waals surface area contributed by atoms with E-state index in [0.29, 0.717) is 31.5 Å². The van der Waals surface area contributed by atoms with Gasteiger partial charge in [-0.15, -0.1) is 0 Å². The van der Waals surface area contributed by atoms with Crippen LogP contribution in [0.25, 0.3) is 5.57 Å². The topological polar surface area (TPSA) is 81.7 Å². The lowest BCUT2D eigenvalue weighted by molar-refractivity contribution is -0.128.